The van der Waals surface area contributed by atoms with Crippen LogP contribution in [0, 0.1) is 5.92 Å². The predicted octanol–water partition coefficient (Wildman–Crippen LogP) is 1.76. The molecule has 1 aromatic rings. The van der Waals surface area contributed by atoms with Crippen LogP contribution in [-0.2, 0) is 16.0 Å². The van der Waals surface area contributed by atoms with E-state index in [4.69, 9.17) is 9.47 Å². The zero-order chi connectivity index (χ0) is 17.8. The van der Waals surface area contributed by atoms with Crippen molar-refractivity contribution in [3.63, 3.8) is 0 Å². The average Bonchev–Trinajstić information content (AvgIpc) is 2.94. The number of benzene rings is 1. The van der Waals surface area contributed by atoms with Gasteiger partial charge < -0.3 is 19.7 Å². The van der Waals surface area contributed by atoms with Gasteiger partial charge in [-0.05, 0) is 49.4 Å². The molecule has 1 unspecified atom stereocenters. The Hall–Kier alpha value is -2.24. The van der Waals surface area contributed by atoms with Crippen LogP contribution in [0.4, 0.5) is 0 Å². The molecule has 6 nitrogen and oxygen atoms in total. The third kappa shape index (κ3) is 3.89. The lowest BCUT2D eigenvalue weighted by atomic mass is 9.92. The van der Waals surface area contributed by atoms with Crippen LogP contribution in [0.15, 0.2) is 18.2 Å². The van der Waals surface area contributed by atoms with Gasteiger partial charge in [0.25, 0.3) is 0 Å². The van der Waals surface area contributed by atoms with Gasteiger partial charge in [0.2, 0.25) is 11.8 Å². The van der Waals surface area contributed by atoms with Crippen molar-refractivity contribution >= 4 is 11.8 Å². The summed E-state index contributed by atoms with van der Waals surface area (Å²) in [6.07, 6.45) is 4.34. The second-order valence-electron chi connectivity index (χ2n) is 6.75. The summed E-state index contributed by atoms with van der Waals surface area (Å²) in [6, 6.07) is 6.00. The van der Waals surface area contributed by atoms with E-state index in [-0.39, 0.29) is 17.7 Å². The Balaban J connectivity index is 1.50. The third-order valence-corrected chi connectivity index (χ3v) is 5.23. The van der Waals surface area contributed by atoms with Crippen molar-refractivity contribution in [1.29, 1.82) is 0 Å². The number of carbonyl (C=O) groups is 2. The SMILES string of the molecule is COc1ccc(OC)c(CCNC(=O)C2CC(=O)N(C3CCC3)C2)c1. The number of likely N-dealkylation sites (tertiary alicyclic amines) is 1. The Kier molecular flexibility index (Phi) is 5.46. The molecule has 25 heavy (non-hydrogen) atoms. The number of amides is 2. The highest BCUT2D eigenvalue weighted by Crippen LogP contribution is 2.30. The molecular weight excluding hydrogens is 320 g/mol. The Bertz CT molecular complexity index is 642. The van der Waals surface area contributed by atoms with Gasteiger partial charge in [0, 0.05) is 25.6 Å². The quantitative estimate of drug-likeness (QED) is 0.817. The minimum Gasteiger partial charge on any atom is -0.497 e. The van der Waals surface area contributed by atoms with E-state index in [9.17, 15) is 9.59 Å². The summed E-state index contributed by atoms with van der Waals surface area (Å²) >= 11 is 0. The molecule has 0 spiro atoms. The van der Waals surface area contributed by atoms with Crippen molar-refractivity contribution < 1.29 is 19.1 Å². The number of ether oxygens (including phenoxy) is 2. The van der Waals surface area contributed by atoms with E-state index in [2.05, 4.69) is 5.32 Å². The van der Waals surface area contributed by atoms with Crippen LogP contribution in [0.25, 0.3) is 0 Å². The molecule has 1 atom stereocenters. The second-order valence-corrected chi connectivity index (χ2v) is 6.75. The average molecular weight is 346 g/mol. The molecule has 1 heterocycles. The molecule has 1 aliphatic heterocycles. The van der Waals surface area contributed by atoms with Crippen LogP contribution < -0.4 is 14.8 Å². The van der Waals surface area contributed by atoms with Gasteiger partial charge in [0.05, 0.1) is 20.1 Å². The summed E-state index contributed by atoms with van der Waals surface area (Å²) < 4.78 is 10.6. The Morgan fingerprint density at radius 3 is 2.72 bits per heavy atom. The Morgan fingerprint density at radius 1 is 1.28 bits per heavy atom. The van der Waals surface area contributed by atoms with Crippen molar-refractivity contribution in [1.82, 2.24) is 10.2 Å². The number of rotatable bonds is 7. The molecular formula is C19H26N2O4. The Labute approximate surface area is 148 Å². The molecule has 2 aliphatic rings. The molecule has 1 saturated heterocycles. The smallest absolute Gasteiger partial charge is 0.225 e. The molecule has 1 saturated carbocycles. The maximum absolute atomic E-state index is 12.4. The third-order valence-electron chi connectivity index (χ3n) is 5.23. The molecule has 6 heteroatoms. The van der Waals surface area contributed by atoms with Crippen molar-refractivity contribution in [3.8, 4) is 11.5 Å². The van der Waals surface area contributed by atoms with Gasteiger partial charge in [-0.25, -0.2) is 0 Å². The summed E-state index contributed by atoms with van der Waals surface area (Å²) in [5.74, 6) is 1.42. The van der Waals surface area contributed by atoms with Crippen LogP contribution in [0.5, 0.6) is 11.5 Å². The minimum absolute atomic E-state index is 0.0305. The van der Waals surface area contributed by atoms with Gasteiger partial charge in [-0.15, -0.1) is 0 Å². The fraction of sp³-hybridized carbons (Fsp3) is 0.579. The summed E-state index contributed by atoms with van der Waals surface area (Å²) in [7, 11) is 3.25. The highest BCUT2D eigenvalue weighted by atomic mass is 16.5. The van der Waals surface area contributed by atoms with E-state index >= 15 is 0 Å². The number of nitrogens with zero attached hydrogens (tertiary/aromatic N) is 1. The summed E-state index contributed by atoms with van der Waals surface area (Å²) in [5.41, 5.74) is 0.987. The van der Waals surface area contributed by atoms with Crippen LogP contribution >= 0.6 is 0 Å². The van der Waals surface area contributed by atoms with Gasteiger partial charge in [-0.2, -0.15) is 0 Å². The minimum atomic E-state index is -0.222. The van der Waals surface area contributed by atoms with Gasteiger partial charge in [-0.1, -0.05) is 0 Å². The summed E-state index contributed by atoms with van der Waals surface area (Å²) in [4.78, 5) is 26.4. The molecule has 1 aromatic carbocycles. The molecule has 136 valence electrons. The molecule has 0 aromatic heterocycles. The van der Waals surface area contributed by atoms with Crippen molar-refractivity contribution in [2.45, 2.75) is 38.1 Å². The highest BCUT2D eigenvalue weighted by molar-refractivity contribution is 5.89. The first-order valence-corrected chi connectivity index (χ1v) is 8.90. The second kappa shape index (κ2) is 7.76. The molecule has 1 aliphatic carbocycles. The first kappa shape index (κ1) is 17.6. The fourth-order valence-electron chi connectivity index (χ4n) is 3.50. The maximum atomic E-state index is 12.4. The van der Waals surface area contributed by atoms with Crippen LogP contribution in [0.3, 0.4) is 0 Å². The van der Waals surface area contributed by atoms with Crippen molar-refractivity contribution in [2.75, 3.05) is 27.3 Å². The van der Waals surface area contributed by atoms with E-state index in [0.717, 1.165) is 29.9 Å². The van der Waals surface area contributed by atoms with E-state index in [0.29, 0.717) is 32.0 Å². The van der Waals surface area contributed by atoms with Gasteiger partial charge in [0.1, 0.15) is 11.5 Å². The molecule has 3 rings (SSSR count). The van der Waals surface area contributed by atoms with Crippen molar-refractivity contribution in [2.24, 2.45) is 5.92 Å². The van der Waals surface area contributed by atoms with Crippen LogP contribution in [-0.4, -0.2) is 50.1 Å². The number of nitrogens with one attached hydrogen (secondary N) is 1. The van der Waals surface area contributed by atoms with Gasteiger partial charge in [0.15, 0.2) is 0 Å². The number of hydrogen-bond donors (Lipinski definition) is 1. The van der Waals surface area contributed by atoms with Crippen LogP contribution in [0.2, 0.25) is 0 Å². The molecule has 2 fully saturated rings. The number of hydrogen-bond acceptors (Lipinski definition) is 4. The van der Waals surface area contributed by atoms with Crippen LogP contribution in [0.1, 0.15) is 31.2 Å². The maximum Gasteiger partial charge on any atom is 0.225 e. The normalized spacial score (nSPS) is 20.3. The van der Waals surface area contributed by atoms with Gasteiger partial charge >= 0.3 is 0 Å². The lowest BCUT2D eigenvalue weighted by Crippen LogP contribution is -2.42. The monoisotopic (exact) mass is 346 g/mol. The van der Waals surface area contributed by atoms with Gasteiger partial charge in [-0.3, -0.25) is 9.59 Å². The fourth-order valence-corrected chi connectivity index (χ4v) is 3.50. The predicted molar refractivity (Wildman–Crippen MR) is 93.7 cm³/mol. The molecule has 0 bridgehead atoms. The lowest BCUT2D eigenvalue weighted by molar-refractivity contribution is -0.131. The molecule has 1 N–H and O–H groups in total. The van der Waals surface area contributed by atoms with E-state index in [1.54, 1.807) is 14.2 Å². The largest absolute Gasteiger partial charge is 0.497 e. The first-order chi connectivity index (χ1) is 12.1. The molecule has 2 amide bonds. The standard InChI is InChI=1S/C19H26N2O4/c1-24-16-6-7-17(25-2)13(10-16)8-9-20-19(23)14-11-18(22)21(12-14)15-4-3-5-15/h6-7,10,14-15H,3-5,8-9,11-12H2,1-2H3,(H,20,23). The first-order valence-electron chi connectivity index (χ1n) is 8.90. The summed E-state index contributed by atoms with van der Waals surface area (Å²) in [5, 5.41) is 2.96. The topological polar surface area (TPSA) is 67.9 Å². The van der Waals surface area contributed by atoms with E-state index < -0.39 is 0 Å². The lowest BCUT2D eigenvalue weighted by Gasteiger charge is -2.34. The zero-order valence-electron chi connectivity index (χ0n) is 14.9. The van der Waals surface area contributed by atoms with Crippen molar-refractivity contribution in [3.05, 3.63) is 23.8 Å². The number of methoxy groups -OCH3 is 2. The molecule has 0 radical (unpaired) electrons. The zero-order valence-corrected chi connectivity index (χ0v) is 14.9. The highest BCUT2D eigenvalue weighted by Gasteiger charge is 2.39. The Morgan fingerprint density at radius 2 is 2.08 bits per heavy atom. The summed E-state index contributed by atoms with van der Waals surface area (Å²) in [6.45, 7) is 1.08. The number of carbonyl (C=O) groups excluding carboxylic acids is 2. The van der Waals surface area contributed by atoms with E-state index in [1.807, 2.05) is 23.1 Å². The van der Waals surface area contributed by atoms with E-state index in [1.165, 1.54) is 6.42 Å².